The fourth-order valence-electron chi connectivity index (χ4n) is 2.87. The minimum absolute atomic E-state index is 0.174. The summed E-state index contributed by atoms with van der Waals surface area (Å²) in [6.07, 6.45) is 0. The predicted molar refractivity (Wildman–Crippen MR) is 106 cm³/mol. The van der Waals surface area contributed by atoms with Crippen molar-refractivity contribution < 1.29 is 27.4 Å². The Morgan fingerprint density at radius 1 is 1.07 bits per heavy atom. The van der Waals surface area contributed by atoms with E-state index in [0.717, 1.165) is 5.56 Å². The second-order valence-electron chi connectivity index (χ2n) is 6.31. The lowest BCUT2D eigenvalue weighted by Gasteiger charge is -2.18. The Labute approximate surface area is 170 Å². The first-order valence-electron chi connectivity index (χ1n) is 9.32. The number of nitrogens with zero attached hydrogens (tertiary/aromatic N) is 1. The Bertz CT molecular complexity index is 955. The molecule has 1 amide bonds. The number of fused-ring (bicyclic) bond motifs is 1. The van der Waals surface area contributed by atoms with Crippen molar-refractivity contribution in [1.82, 2.24) is 9.62 Å². The van der Waals surface area contributed by atoms with Crippen LogP contribution in [0.25, 0.3) is 0 Å². The summed E-state index contributed by atoms with van der Waals surface area (Å²) in [5.41, 5.74) is 0.883. The molecule has 0 atom stereocenters. The zero-order valence-electron chi connectivity index (χ0n) is 16.4. The van der Waals surface area contributed by atoms with E-state index in [1.54, 1.807) is 32.0 Å². The number of sulfonamides is 1. The quantitative estimate of drug-likeness (QED) is 0.668. The van der Waals surface area contributed by atoms with Crippen LogP contribution in [0.2, 0.25) is 0 Å². The molecule has 0 saturated carbocycles. The molecule has 1 N–H and O–H groups in total. The van der Waals surface area contributed by atoms with Gasteiger partial charge in [0.15, 0.2) is 18.1 Å². The van der Waals surface area contributed by atoms with Crippen molar-refractivity contribution >= 4 is 15.9 Å². The summed E-state index contributed by atoms with van der Waals surface area (Å²) >= 11 is 0. The largest absolute Gasteiger partial charge is 0.484 e. The highest BCUT2D eigenvalue weighted by molar-refractivity contribution is 7.89. The van der Waals surface area contributed by atoms with E-state index in [4.69, 9.17) is 14.2 Å². The van der Waals surface area contributed by atoms with Crippen LogP contribution >= 0.6 is 0 Å². The van der Waals surface area contributed by atoms with Crippen molar-refractivity contribution in [3.8, 4) is 17.2 Å². The number of amides is 1. The molecule has 0 unspecified atom stereocenters. The van der Waals surface area contributed by atoms with E-state index in [1.165, 1.54) is 16.4 Å². The maximum absolute atomic E-state index is 12.5. The monoisotopic (exact) mass is 420 g/mol. The third kappa shape index (κ3) is 4.99. The molecule has 29 heavy (non-hydrogen) atoms. The first-order chi connectivity index (χ1) is 13.9. The van der Waals surface area contributed by atoms with Crippen LogP contribution in [0.4, 0.5) is 0 Å². The highest BCUT2D eigenvalue weighted by Gasteiger charge is 2.21. The lowest BCUT2D eigenvalue weighted by atomic mass is 10.2. The van der Waals surface area contributed by atoms with E-state index in [0.29, 0.717) is 36.9 Å². The topological polar surface area (TPSA) is 94.2 Å². The van der Waals surface area contributed by atoms with Gasteiger partial charge in [0.25, 0.3) is 5.91 Å². The molecule has 0 spiro atoms. The number of benzene rings is 2. The zero-order valence-corrected chi connectivity index (χ0v) is 17.2. The molecule has 1 aliphatic heterocycles. The van der Waals surface area contributed by atoms with Crippen molar-refractivity contribution in [3.63, 3.8) is 0 Å². The first kappa shape index (κ1) is 20.9. The van der Waals surface area contributed by atoms with Crippen molar-refractivity contribution in [2.24, 2.45) is 0 Å². The smallest absolute Gasteiger partial charge is 0.258 e. The van der Waals surface area contributed by atoms with Gasteiger partial charge >= 0.3 is 0 Å². The number of ether oxygens (including phenoxy) is 3. The van der Waals surface area contributed by atoms with Gasteiger partial charge in [-0.15, -0.1) is 0 Å². The van der Waals surface area contributed by atoms with Gasteiger partial charge in [-0.1, -0.05) is 19.9 Å². The normalized spacial score (nSPS) is 12.8. The number of nitrogens with one attached hydrogen (secondary N) is 1. The van der Waals surface area contributed by atoms with Gasteiger partial charge < -0.3 is 19.5 Å². The molecule has 2 aromatic rings. The average molecular weight is 420 g/mol. The summed E-state index contributed by atoms with van der Waals surface area (Å²) < 4.78 is 42.3. The van der Waals surface area contributed by atoms with Gasteiger partial charge in [0.05, 0.1) is 4.90 Å². The van der Waals surface area contributed by atoms with E-state index < -0.39 is 10.0 Å². The van der Waals surface area contributed by atoms with Crippen LogP contribution in [-0.2, 0) is 21.4 Å². The third-order valence-corrected chi connectivity index (χ3v) is 6.53. The number of hydrogen-bond acceptors (Lipinski definition) is 6. The molecule has 8 nitrogen and oxygen atoms in total. The Morgan fingerprint density at radius 3 is 2.45 bits per heavy atom. The fourth-order valence-corrected chi connectivity index (χ4v) is 4.33. The van der Waals surface area contributed by atoms with Crippen LogP contribution in [0.3, 0.4) is 0 Å². The fraction of sp³-hybridized carbons (Fsp3) is 0.350. The van der Waals surface area contributed by atoms with Gasteiger partial charge in [-0.25, -0.2) is 8.42 Å². The minimum atomic E-state index is -3.51. The molecule has 1 aliphatic rings. The van der Waals surface area contributed by atoms with E-state index in [9.17, 15) is 13.2 Å². The van der Waals surface area contributed by atoms with Gasteiger partial charge in [-0.3, -0.25) is 4.79 Å². The summed E-state index contributed by atoms with van der Waals surface area (Å²) in [5, 5.41) is 2.76. The van der Waals surface area contributed by atoms with Crippen LogP contribution in [-0.4, -0.2) is 45.1 Å². The van der Waals surface area contributed by atoms with Crippen LogP contribution in [0.15, 0.2) is 47.4 Å². The molecular weight excluding hydrogens is 396 g/mol. The predicted octanol–water partition coefficient (Wildman–Crippen LogP) is 2.14. The molecule has 0 bridgehead atoms. The zero-order chi connectivity index (χ0) is 20.9. The highest BCUT2D eigenvalue weighted by atomic mass is 32.2. The molecule has 156 valence electrons. The second kappa shape index (κ2) is 9.15. The molecule has 1 heterocycles. The molecule has 2 aromatic carbocycles. The van der Waals surface area contributed by atoms with Crippen molar-refractivity contribution in [3.05, 3.63) is 48.0 Å². The molecular formula is C20H24N2O6S. The molecule has 0 radical (unpaired) electrons. The molecule has 0 aliphatic carbocycles. The van der Waals surface area contributed by atoms with E-state index in [1.807, 2.05) is 12.1 Å². The van der Waals surface area contributed by atoms with E-state index in [2.05, 4.69) is 5.32 Å². The van der Waals surface area contributed by atoms with Crippen molar-refractivity contribution in [1.29, 1.82) is 0 Å². The Balaban J connectivity index is 1.50. The maximum atomic E-state index is 12.5. The minimum Gasteiger partial charge on any atom is -0.484 e. The van der Waals surface area contributed by atoms with Gasteiger partial charge in [-0.2, -0.15) is 4.31 Å². The molecule has 0 saturated heterocycles. The number of carbonyl (C=O) groups is 1. The Hall–Kier alpha value is -2.78. The number of hydrogen-bond donors (Lipinski definition) is 1. The second-order valence-corrected chi connectivity index (χ2v) is 8.25. The molecule has 0 fully saturated rings. The molecule has 3 rings (SSSR count). The average Bonchev–Trinajstić information content (AvgIpc) is 3.19. The number of carbonyl (C=O) groups excluding carboxylic acids is 1. The van der Waals surface area contributed by atoms with Gasteiger partial charge in [0.2, 0.25) is 16.8 Å². The number of rotatable bonds is 9. The maximum Gasteiger partial charge on any atom is 0.258 e. The lowest BCUT2D eigenvalue weighted by molar-refractivity contribution is -0.123. The summed E-state index contributed by atoms with van der Waals surface area (Å²) in [6, 6.07) is 11.5. The lowest BCUT2D eigenvalue weighted by Crippen LogP contribution is -2.30. The summed E-state index contributed by atoms with van der Waals surface area (Å²) in [6.45, 7) is 4.75. The van der Waals surface area contributed by atoms with Crippen LogP contribution in [0.5, 0.6) is 17.2 Å². The van der Waals surface area contributed by atoms with Crippen LogP contribution < -0.4 is 19.5 Å². The van der Waals surface area contributed by atoms with Crippen LogP contribution in [0.1, 0.15) is 19.4 Å². The van der Waals surface area contributed by atoms with Gasteiger partial charge in [0, 0.05) is 19.6 Å². The van der Waals surface area contributed by atoms with Gasteiger partial charge in [0.1, 0.15) is 5.75 Å². The Morgan fingerprint density at radius 2 is 1.76 bits per heavy atom. The molecule has 9 heteroatoms. The van der Waals surface area contributed by atoms with Crippen molar-refractivity contribution in [2.45, 2.75) is 25.3 Å². The first-order valence-corrected chi connectivity index (χ1v) is 10.8. The standard InChI is InChI=1S/C20H24N2O6S/c1-3-22(4-2)29(24,25)17-8-6-16(7-9-17)26-13-20(23)21-12-15-5-10-18-19(11-15)28-14-27-18/h5-11H,3-4,12-14H2,1-2H3,(H,21,23). The summed E-state index contributed by atoms with van der Waals surface area (Å²) in [4.78, 5) is 12.2. The SMILES string of the molecule is CCN(CC)S(=O)(=O)c1ccc(OCC(=O)NCc2ccc3c(c2)OCO3)cc1. The summed E-state index contributed by atoms with van der Waals surface area (Å²) in [5.74, 6) is 1.48. The van der Waals surface area contributed by atoms with Crippen LogP contribution in [0, 0.1) is 0 Å². The third-order valence-electron chi connectivity index (χ3n) is 4.46. The van der Waals surface area contributed by atoms with Gasteiger partial charge in [-0.05, 0) is 42.0 Å². The highest BCUT2D eigenvalue weighted by Crippen LogP contribution is 2.32. The van der Waals surface area contributed by atoms with E-state index >= 15 is 0 Å². The molecule has 0 aromatic heterocycles. The summed E-state index contributed by atoms with van der Waals surface area (Å²) in [7, 11) is -3.51. The van der Waals surface area contributed by atoms with Crippen molar-refractivity contribution in [2.75, 3.05) is 26.5 Å². The Kier molecular flexibility index (Phi) is 6.60. The van der Waals surface area contributed by atoms with E-state index in [-0.39, 0.29) is 24.2 Å².